The molecule has 0 aliphatic heterocycles. The molecule has 0 fully saturated rings. The molecule has 2 heteroatoms. The minimum absolute atomic E-state index is 0.0310. The number of nitrogens with two attached hydrogens (primary N) is 1. The zero-order valence-corrected chi connectivity index (χ0v) is 13.0. The maximum atomic E-state index is 6.26. The fourth-order valence-corrected chi connectivity index (χ4v) is 2.35. The molecule has 112 valence electrons. The van der Waals surface area contributed by atoms with Gasteiger partial charge in [-0.15, -0.1) is 0 Å². The van der Waals surface area contributed by atoms with Crippen LogP contribution in [-0.4, -0.2) is 12.7 Å². The van der Waals surface area contributed by atoms with E-state index in [0.29, 0.717) is 0 Å². The molecule has 2 rings (SSSR count). The lowest BCUT2D eigenvalue weighted by Crippen LogP contribution is -2.26. The standard InChI is InChI=1S/C19H25NO/c1-15-10-12-18(13-11-15)19(20)16(2)21-14-6-9-17-7-4-3-5-8-17/h3-5,7-8,10-13,16,19H,6,9,14,20H2,1-2H3. The third-order valence-corrected chi connectivity index (χ3v) is 3.80. The van der Waals surface area contributed by atoms with Gasteiger partial charge in [-0.25, -0.2) is 0 Å². The first-order valence-corrected chi connectivity index (χ1v) is 7.64. The zero-order valence-electron chi connectivity index (χ0n) is 13.0. The maximum absolute atomic E-state index is 6.26. The van der Waals surface area contributed by atoms with Crippen molar-refractivity contribution in [2.24, 2.45) is 5.73 Å². The van der Waals surface area contributed by atoms with Crippen LogP contribution in [0.5, 0.6) is 0 Å². The minimum Gasteiger partial charge on any atom is -0.377 e. The molecule has 21 heavy (non-hydrogen) atoms. The van der Waals surface area contributed by atoms with Crippen molar-refractivity contribution >= 4 is 0 Å². The molecular weight excluding hydrogens is 258 g/mol. The molecule has 0 aliphatic rings. The van der Waals surface area contributed by atoms with Crippen molar-refractivity contribution in [2.45, 2.75) is 38.8 Å². The third-order valence-electron chi connectivity index (χ3n) is 3.80. The van der Waals surface area contributed by atoms with E-state index in [0.717, 1.165) is 25.0 Å². The van der Waals surface area contributed by atoms with Crippen LogP contribution in [0.25, 0.3) is 0 Å². The van der Waals surface area contributed by atoms with Gasteiger partial charge in [0.05, 0.1) is 12.1 Å². The lowest BCUT2D eigenvalue weighted by Gasteiger charge is -2.21. The van der Waals surface area contributed by atoms with Crippen molar-refractivity contribution < 1.29 is 4.74 Å². The first-order valence-electron chi connectivity index (χ1n) is 7.64. The van der Waals surface area contributed by atoms with Gasteiger partial charge in [-0.05, 0) is 37.8 Å². The Bertz CT molecular complexity index is 521. The largest absolute Gasteiger partial charge is 0.377 e. The Morgan fingerprint density at radius 1 is 1.00 bits per heavy atom. The van der Waals surface area contributed by atoms with Gasteiger partial charge in [0.25, 0.3) is 0 Å². The monoisotopic (exact) mass is 283 g/mol. The topological polar surface area (TPSA) is 35.2 Å². The predicted octanol–water partition coefficient (Wildman–Crippen LogP) is 4.03. The van der Waals surface area contributed by atoms with Crippen molar-refractivity contribution in [2.75, 3.05) is 6.61 Å². The van der Waals surface area contributed by atoms with Crippen molar-refractivity contribution in [3.05, 3.63) is 71.3 Å². The number of aryl methyl sites for hydroxylation is 2. The quantitative estimate of drug-likeness (QED) is 0.779. The van der Waals surface area contributed by atoms with Gasteiger partial charge in [0.2, 0.25) is 0 Å². The highest BCUT2D eigenvalue weighted by Gasteiger charge is 2.14. The molecule has 2 unspecified atom stereocenters. The Labute approximate surface area is 127 Å². The van der Waals surface area contributed by atoms with E-state index in [1.807, 2.05) is 13.0 Å². The van der Waals surface area contributed by atoms with Crippen LogP contribution in [-0.2, 0) is 11.2 Å². The van der Waals surface area contributed by atoms with E-state index < -0.39 is 0 Å². The summed E-state index contributed by atoms with van der Waals surface area (Å²) < 4.78 is 5.89. The molecule has 0 bridgehead atoms. The summed E-state index contributed by atoms with van der Waals surface area (Å²) in [7, 11) is 0. The van der Waals surface area contributed by atoms with Gasteiger partial charge in [0.1, 0.15) is 0 Å². The van der Waals surface area contributed by atoms with E-state index in [1.54, 1.807) is 0 Å². The van der Waals surface area contributed by atoms with Crippen LogP contribution in [0.2, 0.25) is 0 Å². The Morgan fingerprint density at radius 2 is 1.67 bits per heavy atom. The molecule has 0 spiro atoms. The molecule has 0 amide bonds. The number of benzene rings is 2. The van der Waals surface area contributed by atoms with E-state index in [2.05, 4.69) is 55.5 Å². The van der Waals surface area contributed by atoms with E-state index in [9.17, 15) is 0 Å². The SMILES string of the molecule is Cc1ccc(C(N)C(C)OCCCc2ccccc2)cc1. The van der Waals surface area contributed by atoms with Crippen LogP contribution in [0.4, 0.5) is 0 Å². The van der Waals surface area contributed by atoms with Crippen molar-refractivity contribution in [1.82, 2.24) is 0 Å². The van der Waals surface area contributed by atoms with Gasteiger partial charge in [0, 0.05) is 6.61 Å². The molecule has 0 radical (unpaired) electrons. The number of ether oxygens (including phenoxy) is 1. The highest BCUT2D eigenvalue weighted by molar-refractivity contribution is 5.24. The summed E-state index contributed by atoms with van der Waals surface area (Å²) in [6.07, 6.45) is 2.10. The van der Waals surface area contributed by atoms with Gasteiger partial charge < -0.3 is 10.5 Å². The molecule has 2 atom stereocenters. The Hall–Kier alpha value is -1.64. The first-order chi connectivity index (χ1) is 10.2. The first kappa shape index (κ1) is 15.7. The molecule has 2 N–H and O–H groups in total. The molecule has 0 saturated heterocycles. The van der Waals surface area contributed by atoms with Gasteiger partial charge >= 0.3 is 0 Å². The summed E-state index contributed by atoms with van der Waals surface area (Å²) in [4.78, 5) is 0. The van der Waals surface area contributed by atoms with Crippen LogP contribution in [0.1, 0.15) is 36.1 Å². The average Bonchev–Trinajstić information content (AvgIpc) is 2.52. The summed E-state index contributed by atoms with van der Waals surface area (Å²) in [6, 6.07) is 18.8. The van der Waals surface area contributed by atoms with Gasteiger partial charge in [-0.2, -0.15) is 0 Å². The lowest BCUT2D eigenvalue weighted by atomic mass is 10.0. The fourth-order valence-electron chi connectivity index (χ4n) is 2.35. The number of hydrogen-bond donors (Lipinski definition) is 1. The summed E-state index contributed by atoms with van der Waals surface area (Å²) in [5, 5.41) is 0. The summed E-state index contributed by atoms with van der Waals surface area (Å²) in [5.74, 6) is 0. The lowest BCUT2D eigenvalue weighted by molar-refractivity contribution is 0.0466. The second kappa shape index (κ2) is 7.96. The molecule has 2 nitrogen and oxygen atoms in total. The zero-order chi connectivity index (χ0) is 15.1. The molecule has 0 saturated carbocycles. The van der Waals surface area contributed by atoms with Gasteiger partial charge in [-0.3, -0.25) is 0 Å². The number of rotatable bonds is 7. The van der Waals surface area contributed by atoms with Crippen LogP contribution in [0, 0.1) is 6.92 Å². The van der Waals surface area contributed by atoms with Crippen LogP contribution in [0.3, 0.4) is 0 Å². The fraction of sp³-hybridized carbons (Fsp3) is 0.368. The molecular formula is C19H25NO. The molecule has 0 heterocycles. The van der Waals surface area contributed by atoms with Crippen molar-refractivity contribution in [3.63, 3.8) is 0 Å². The summed E-state index contributed by atoms with van der Waals surface area (Å²) >= 11 is 0. The minimum atomic E-state index is -0.0673. The van der Waals surface area contributed by atoms with Crippen molar-refractivity contribution in [1.29, 1.82) is 0 Å². The molecule has 2 aromatic carbocycles. The molecule has 0 aliphatic carbocycles. The second-order valence-corrected chi connectivity index (χ2v) is 5.60. The van der Waals surface area contributed by atoms with E-state index >= 15 is 0 Å². The van der Waals surface area contributed by atoms with E-state index in [4.69, 9.17) is 10.5 Å². The second-order valence-electron chi connectivity index (χ2n) is 5.60. The highest BCUT2D eigenvalue weighted by atomic mass is 16.5. The Morgan fingerprint density at radius 3 is 2.33 bits per heavy atom. The third kappa shape index (κ3) is 5.00. The van der Waals surface area contributed by atoms with Crippen LogP contribution >= 0.6 is 0 Å². The van der Waals surface area contributed by atoms with Crippen molar-refractivity contribution in [3.8, 4) is 0 Å². The maximum Gasteiger partial charge on any atom is 0.0739 e. The summed E-state index contributed by atoms with van der Waals surface area (Å²) in [5.41, 5.74) is 10.0. The normalized spacial score (nSPS) is 13.9. The Kier molecular flexibility index (Phi) is 5.97. The van der Waals surface area contributed by atoms with E-state index in [1.165, 1.54) is 11.1 Å². The highest BCUT2D eigenvalue weighted by Crippen LogP contribution is 2.17. The molecule has 2 aromatic rings. The van der Waals surface area contributed by atoms with E-state index in [-0.39, 0.29) is 12.1 Å². The van der Waals surface area contributed by atoms with Gasteiger partial charge in [-0.1, -0.05) is 60.2 Å². The molecule has 0 aromatic heterocycles. The summed E-state index contributed by atoms with van der Waals surface area (Å²) in [6.45, 7) is 4.88. The smallest absolute Gasteiger partial charge is 0.0739 e. The average molecular weight is 283 g/mol. The van der Waals surface area contributed by atoms with Crippen LogP contribution < -0.4 is 5.73 Å². The van der Waals surface area contributed by atoms with Gasteiger partial charge in [0.15, 0.2) is 0 Å². The van der Waals surface area contributed by atoms with Crippen LogP contribution in [0.15, 0.2) is 54.6 Å². The predicted molar refractivity (Wildman–Crippen MR) is 88.3 cm³/mol. The Balaban J connectivity index is 1.74. The number of hydrogen-bond acceptors (Lipinski definition) is 2.